The van der Waals surface area contributed by atoms with Gasteiger partial charge in [0.25, 0.3) is 0 Å². The third-order valence-corrected chi connectivity index (χ3v) is 10.9. The van der Waals surface area contributed by atoms with E-state index < -0.39 is 16.2 Å². The third kappa shape index (κ3) is 1.85. The Morgan fingerprint density at radius 1 is 0.625 bits per heavy atom. The van der Waals surface area contributed by atoms with Gasteiger partial charge in [-0.25, -0.2) is 0 Å². The van der Waals surface area contributed by atoms with Crippen LogP contribution in [0.3, 0.4) is 0 Å². The summed E-state index contributed by atoms with van der Waals surface area (Å²) in [4.78, 5) is 0. The van der Waals surface area contributed by atoms with Crippen LogP contribution in [-0.2, 0) is 0 Å². The molecule has 0 saturated heterocycles. The Kier molecular flexibility index (Phi) is 2.89. The summed E-state index contributed by atoms with van der Waals surface area (Å²) in [5.41, 5.74) is 0. The molecule has 0 amide bonds. The van der Waals surface area contributed by atoms with Gasteiger partial charge in [-0.15, -0.1) is 0 Å². The molecule has 0 N–H and O–H groups in total. The van der Waals surface area contributed by atoms with Gasteiger partial charge >= 0.3 is 103 Å². The van der Waals surface area contributed by atoms with Gasteiger partial charge in [0.15, 0.2) is 0 Å². The average Bonchev–Trinajstić information content (AvgIpc) is 3.02. The average molecular weight is 265 g/mol. The summed E-state index contributed by atoms with van der Waals surface area (Å²) in [5, 5.41) is 0. The van der Waals surface area contributed by atoms with E-state index >= 15 is 0 Å². The van der Waals surface area contributed by atoms with E-state index in [1.807, 2.05) is 0 Å². The minimum absolute atomic E-state index is 1.21. The Hall–Kier alpha value is -0.924. The molecule has 0 unspecified atom stereocenters. The molecule has 0 fully saturated rings. The van der Waals surface area contributed by atoms with Crippen molar-refractivity contribution in [3.63, 3.8) is 0 Å². The van der Waals surface area contributed by atoms with Crippen LogP contribution in [0.2, 0.25) is 0 Å². The molecule has 0 spiro atoms. The molecule has 3 aliphatic rings. The standard InChI is InChI=1S/3C5H5.Ga/c3*1-2-4-5-3-1;/h3*1-3H,4H2;. The van der Waals surface area contributed by atoms with Crippen molar-refractivity contribution < 1.29 is 0 Å². The molecule has 0 aromatic carbocycles. The molecule has 0 atom stereocenters. The second-order valence-electron chi connectivity index (χ2n) is 4.55. The van der Waals surface area contributed by atoms with Gasteiger partial charge in [0, 0.05) is 0 Å². The van der Waals surface area contributed by atoms with E-state index in [0.717, 1.165) is 0 Å². The van der Waals surface area contributed by atoms with E-state index in [2.05, 4.69) is 54.7 Å². The van der Waals surface area contributed by atoms with Crippen molar-refractivity contribution in [2.45, 2.75) is 19.3 Å². The topological polar surface area (TPSA) is 0 Å². The molecule has 1 heteroatoms. The van der Waals surface area contributed by atoms with Gasteiger partial charge in [0.05, 0.1) is 0 Å². The van der Waals surface area contributed by atoms with Crippen molar-refractivity contribution in [3.8, 4) is 0 Å². The summed E-state index contributed by atoms with van der Waals surface area (Å²) in [6, 6.07) is 0. The van der Waals surface area contributed by atoms with Crippen LogP contribution >= 0.6 is 0 Å². The molecule has 3 rings (SSSR count). The molecule has 0 radical (unpaired) electrons. The van der Waals surface area contributed by atoms with E-state index in [9.17, 15) is 0 Å². The van der Waals surface area contributed by atoms with E-state index in [1.165, 1.54) is 19.3 Å². The van der Waals surface area contributed by atoms with Crippen LogP contribution in [0.15, 0.2) is 67.1 Å². The molecular weight excluding hydrogens is 250 g/mol. The number of allylic oxidation sites excluding steroid dienone is 12. The van der Waals surface area contributed by atoms with Crippen molar-refractivity contribution in [1.29, 1.82) is 0 Å². The predicted molar refractivity (Wildman–Crippen MR) is 71.3 cm³/mol. The van der Waals surface area contributed by atoms with Crippen LogP contribution in [0.25, 0.3) is 0 Å². The van der Waals surface area contributed by atoms with Crippen LogP contribution in [0.1, 0.15) is 19.3 Å². The Bertz CT molecular complexity index is 398. The summed E-state index contributed by atoms with van der Waals surface area (Å²) in [7, 11) is 0. The van der Waals surface area contributed by atoms with E-state index in [1.54, 1.807) is 12.4 Å². The van der Waals surface area contributed by atoms with Crippen LogP contribution in [0.5, 0.6) is 0 Å². The van der Waals surface area contributed by atoms with Gasteiger partial charge in [-0.05, 0) is 0 Å². The predicted octanol–water partition coefficient (Wildman–Crippen LogP) is 3.76. The molecule has 0 aromatic rings. The third-order valence-electron chi connectivity index (χ3n) is 3.51. The second-order valence-corrected chi connectivity index (χ2v) is 11.0. The maximum absolute atomic E-state index is 2.38. The van der Waals surface area contributed by atoms with Crippen LogP contribution < -0.4 is 0 Å². The fourth-order valence-corrected chi connectivity index (χ4v) is 10.00. The Morgan fingerprint density at radius 2 is 1.00 bits per heavy atom. The molecule has 0 bridgehead atoms. The first-order valence-corrected chi connectivity index (χ1v) is 9.65. The van der Waals surface area contributed by atoms with Crippen molar-refractivity contribution >= 4 is 16.2 Å². The second kappa shape index (κ2) is 4.52. The maximum atomic E-state index is 2.38. The van der Waals surface area contributed by atoms with Crippen molar-refractivity contribution in [1.82, 2.24) is 0 Å². The SMILES string of the molecule is C1=CC[C]([Ga]([C]2=CC=CC2)[C]2=CC=CC2)=C1. The first-order valence-electron chi connectivity index (χ1n) is 6.02. The molecule has 16 heavy (non-hydrogen) atoms. The zero-order valence-electron chi connectivity index (χ0n) is 9.39. The number of rotatable bonds is 3. The Balaban J connectivity index is 1.89. The van der Waals surface area contributed by atoms with Gasteiger partial charge in [-0.2, -0.15) is 0 Å². The van der Waals surface area contributed by atoms with Gasteiger partial charge in [0.1, 0.15) is 0 Å². The summed E-state index contributed by atoms with van der Waals surface area (Å²) < 4.78 is 5.24. The van der Waals surface area contributed by atoms with Gasteiger partial charge in [0.2, 0.25) is 0 Å². The van der Waals surface area contributed by atoms with Gasteiger partial charge in [-0.1, -0.05) is 0 Å². The van der Waals surface area contributed by atoms with Crippen molar-refractivity contribution in [3.05, 3.63) is 67.1 Å². The summed E-state index contributed by atoms with van der Waals surface area (Å²) >= 11 is -1.54. The van der Waals surface area contributed by atoms with E-state index in [4.69, 9.17) is 0 Å². The zero-order chi connectivity index (χ0) is 10.8. The minimum atomic E-state index is -1.54. The molecule has 78 valence electrons. The zero-order valence-corrected chi connectivity index (χ0v) is 11.8. The Labute approximate surface area is 102 Å². The van der Waals surface area contributed by atoms with E-state index in [-0.39, 0.29) is 0 Å². The fraction of sp³-hybridized carbons (Fsp3) is 0.200. The van der Waals surface area contributed by atoms with Crippen LogP contribution in [-0.4, -0.2) is 16.2 Å². The summed E-state index contributed by atoms with van der Waals surface area (Å²) in [5.74, 6) is 0. The summed E-state index contributed by atoms with van der Waals surface area (Å²) in [6.07, 6.45) is 24.4. The molecule has 0 saturated carbocycles. The first-order chi connectivity index (χ1) is 7.95. The first kappa shape index (κ1) is 10.2. The quantitative estimate of drug-likeness (QED) is 0.681. The Morgan fingerprint density at radius 3 is 1.25 bits per heavy atom. The summed E-state index contributed by atoms with van der Waals surface area (Å²) in [6.45, 7) is 0. The number of hydrogen-bond donors (Lipinski definition) is 0. The molecular formula is C15H15Ga. The molecule has 0 heterocycles. The van der Waals surface area contributed by atoms with Gasteiger partial charge in [-0.3, -0.25) is 0 Å². The molecule has 0 nitrogen and oxygen atoms in total. The monoisotopic (exact) mass is 264 g/mol. The van der Waals surface area contributed by atoms with Crippen molar-refractivity contribution in [2.24, 2.45) is 0 Å². The molecule has 3 aliphatic carbocycles. The normalized spacial score (nSPS) is 21.4. The molecule has 0 aromatic heterocycles. The van der Waals surface area contributed by atoms with Gasteiger partial charge < -0.3 is 0 Å². The number of hydrogen-bond acceptors (Lipinski definition) is 0. The van der Waals surface area contributed by atoms with Crippen molar-refractivity contribution in [2.75, 3.05) is 0 Å². The van der Waals surface area contributed by atoms with Crippen LogP contribution in [0.4, 0.5) is 0 Å². The molecule has 0 aliphatic heterocycles. The fourth-order valence-electron chi connectivity index (χ4n) is 2.75. The van der Waals surface area contributed by atoms with E-state index in [0.29, 0.717) is 0 Å². The van der Waals surface area contributed by atoms with Crippen LogP contribution in [0, 0.1) is 0 Å².